The van der Waals surface area contributed by atoms with E-state index in [4.69, 9.17) is 4.74 Å². The van der Waals surface area contributed by atoms with Crippen molar-refractivity contribution in [2.75, 3.05) is 20.2 Å². The number of aromatic amines is 1. The van der Waals surface area contributed by atoms with E-state index in [0.29, 0.717) is 5.82 Å². The number of fused-ring (bicyclic) bond motifs is 1. The lowest BCUT2D eigenvalue weighted by Crippen LogP contribution is -2.27. The summed E-state index contributed by atoms with van der Waals surface area (Å²) >= 11 is 0. The first kappa shape index (κ1) is 14.1. The Balaban J connectivity index is 1.89. The second-order valence-electron chi connectivity index (χ2n) is 5.70. The molecule has 1 aliphatic heterocycles. The predicted octanol–water partition coefficient (Wildman–Crippen LogP) is 1.94. The van der Waals surface area contributed by atoms with Crippen molar-refractivity contribution in [2.45, 2.75) is 18.9 Å². The van der Waals surface area contributed by atoms with Gasteiger partial charge in [0.25, 0.3) is 0 Å². The molecule has 3 aromatic rings. The Morgan fingerprint density at radius 1 is 1.22 bits per heavy atom. The number of ether oxygens (including phenoxy) is 1. The molecule has 23 heavy (non-hydrogen) atoms. The van der Waals surface area contributed by atoms with E-state index < -0.39 is 0 Å². The Labute approximate surface area is 133 Å². The maximum absolute atomic E-state index is 5.38. The quantitative estimate of drug-likeness (QED) is 0.793. The average molecular weight is 310 g/mol. The summed E-state index contributed by atoms with van der Waals surface area (Å²) in [5.41, 5.74) is 2.08. The van der Waals surface area contributed by atoms with Crippen LogP contribution in [0.2, 0.25) is 0 Å². The second kappa shape index (κ2) is 5.92. The molecule has 7 heteroatoms. The summed E-state index contributed by atoms with van der Waals surface area (Å²) in [5.74, 6) is 1.52. The molecule has 1 saturated heterocycles. The van der Waals surface area contributed by atoms with Crippen LogP contribution in [0.1, 0.15) is 30.3 Å². The topological polar surface area (TPSA) is 79.8 Å². The minimum absolute atomic E-state index is 0.0196. The Morgan fingerprint density at radius 2 is 2.09 bits per heavy atom. The van der Waals surface area contributed by atoms with Crippen LogP contribution in [-0.4, -0.2) is 50.7 Å². The fraction of sp³-hybridized carbons (Fsp3) is 0.375. The summed E-state index contributed by atoms with van der Waals surface area (Å²) in [6, 6.07) is 7.96. The fourth-order valence-electron chi connectivity index (χ4n) is 3.30. The molecular formula is C16H18N6O. The second-order valence-corrected chi connectivity index (χ2v) is 5.70. The molecule has 118 valence electrons. The maximum atomic E-state index is 5.38. The molecule has 1 unspecified atom stereocenters. The van der Waals surface area contributed by atoms with Crippen molar-refractivity contribution in [3.05, 3.63) is 41.9 Å². The molecule has 4 rings (SSSR count). The van der Waals surface area contributed by atoms with Crippen LogP contribution in [-0.2, 0) is 0 Å². The number of hydrogen-bond acceptors (Lipinski definition) is 6. The minimum Gasteiger partial charge on any atom is -0.497 e. The van der Waals surface area contributed by atoms with Crippen molar-refractivity contribution in [1.82, 2.24) is 30.5 Å². The molecule has 7 nitrogen and oxygen atoms in total. The van der Waals surface area contributed by atoms with Crippen LogP contribution in [0.25, 0.3) is 10.9 Å². The van der Waals surface area contributed by atoms with Crippen molar-refractivity contribution < 1.29 is 4.74 Å². The molecular weight excluding hydrogens is 292 g/mol. The van der Waals surface area contributed by atoms with Crippen molar-refractivity contribution in [1.29, 1.82) is 0 Å². The minimum atomic E-state index is -0.0196. The van der Waals surface area contributed by atoms with E-state index in [9.17, 15) is 0 Å². The third-order valence-corrected chi connectivity index (χ3v) is 4.39. The SMILES string of the molecule is COc1ccc2nccc(C(c3nn[nH]n3)N3CCCC3)c2c1. The fourth-order valence-corrected chi connectivity index (χ4v) is 3.30. The molecule has 1 fully saturated rings. The first-order chi connectivity index (χ1) is 11.4. The van der Waals surface area contributed by atoms with Crippen molar-refractivity contribution in [3.8, 4) is 5.75 Å². The molecule has 3 heterocycles. The van der Waals surface area contributed by atoms with E-state index in [1.807, 2.05) is 30.5 Å². The van der Waals surface area contributed by atoms with Gasteiger partial charge in [-0.25, -0.2) is 0 Å². The van der Waals surface area contributed by atoms with E-state index in [2.05, 4.69) is 30.5 Å². The van der Waals surface area contributed by atoms with E-state index >= 15 is 0 Å². The average Bonchev–Trinajstić information content (AvgIpc) is 3.29. The smallest absolute Gasteiger partial charge is 0.196 e. The summed E-state index contributed by atoms with van der Waals surface area (Å²) in [7, 11) is 1.67. The largest absolute Gasteiger partial charge is 0.497 e. The molecule has 1 aliphatic rings. The highest BCUT2D eigenvalue weighted by Crippen LogP contribution is 2.34. The monoisotopic (exact) mass is 310 g/mol. The van der Waals surface area contributed by atoms with Gasteiger partial charge in [-0.1, -0.05) is 5.21 Å². The number of benzene rings is 1. The lowest BCUT2D eigenvalue weighted by atomic mass is 10.00. The van der Waals surface area contributed by atoms with Gasteiger partial charge in [0.2, 0.25) is 0 Å². The Hall–Kier alpha value is -2.54. The van der Waals surface area contributed by atoms with Crippen molar-refractivity contribution in [3.63, 3.8) is 0 Å². The molecule has 0 amide bonds. The van der Waals surface area contributed by atoms with Crippen LogP contribution in [0.15, 0.2) is 30.5 Å². The number of likely N-dealkylation sites (tertiary alicyclic amines) is 1. The number of methoxy groups -OCH3 is 1. The number of H-pyrrole nitrogens is 1. The molecule has 1 atom stereocenters. The van der Waals surface area contributed by atoms with Gasteiger partial charge >= 0.3 is 0 Å². The number of rotatable bonds is 4. The van der Waals surface area contributed by atoms with Gasteiger partial charge in [-0.3, -0.25) is 9.88 Å². The van der Waals surface area contributed by atoms with E-state index in [1.54, 1.807) is 7.11 Å². The number of pyridine rings is 1. The molecule has 0 spiro atoms. The third kappa shape index (κ3) is 2.53. The molecule has 0 bridgehead atoms. The first-order valence-electron chi connectivity index (χ1n) is 7.77. The van der Waals surface area contributed by atoms with Gasteiger partial charge in [-0.2, -0.15) is 5.21 Å². The van der Waals surface area contributed by atoms with Crippen LogP contribution >= 0.6 is 0 Å². The molecule has 0 aliphatic carbocycles. The number of nitrogens with zero attached hydrogens (tertiary/aromatic N) is 5. The lowest BCUT2D eigenvalue weighted by molar-refractivity contribution is 0.273. The maximum Gasteiger partial charge on any atom is 0.196 e. The highest BCUT2D eigenvalue weighted by Gasteiger charge is 2.29. The molecule has 2 aromatic heterocycles. The molecule has 1 N–H and O–H groups in total. The Kier molecular flexibility index (Phi) is 3.63. The van der Waals surface area contributed by atoms with Gasteiger partial charge in [0, 0.05) is 11.6 Å². The van der Waals surface area contributed by atoms with Crippen LogP contribution in [0, 0.1) is 0 Å². The normalized spacial score (nSPS) is 16.7. The molecule has 1 aromatic carbocycles. The first-order valence-corrected chi connectivity index (χ1v) is 7.77. The zero-order chi connectivity index (χ0) is 15.6. The zero-order valence-corrected chi connectivity index (χ0v) is 12.9. The number of hydrogen-bond donors (Lipinski definition) is 1. The number of aromatic nitrogens is 5. The van der Waals surface area contributed by atoms with E-state index in [0.717, 1.165) is 35.3 Å². The van der Waals surface area contributed by atoms with Gasteiger partial charge in [-0.05, 0) is 55.8 Å². The van der Waals surface area contributed by atoms with Crippen molar-refractivity contribution in [2.24, 2.45) is 0 Å². The Morgan fingerprint density at radius 3 is 2.83 bits per heavy atom. The van der Waals surface area contributed by atoms with Crippen LogP contribution in [0.3, 0.4) is 0 Å². The zero-order valence-electron chi connectivity index (χ0n) is 12.9. The highest BCUT2D eigenvalue weighted by molar-refractivity contribution is 5.84. The lowest BCUT2D eigenvalue weighted by Gasteiger charge is -2.26. The van der Waals surface area contributed by atoms with Crippen LogP contribution in [0.4, 0.5) is 0 Å². The van der Waals surface area contributed by atoms with Gasteiger partial charge in [-0.15, -0.1) is 10.2 Å². The van der Waals surface area contributed by atoms with E-state index in [-0.39, 0.29) is 6.04 Å². The Bertz CT molecular complexity index is 797. The summed E-state index contributed by atoms with van der Waals surface area (Å²) in [6.45, 7) is 2.07. The summed E-state index contributed by atoms with van der Waals surface area (Å²) in [5, 5.41) is 15.9. The van der Waals surface area contributed by atoms with Crippen LogP contribution < -0.4 is 4.74 Å². The van der Waals surface area contributed by atoms with Gasteiger partial charge in [0.15, 0.2) is 5.82 Å². The van der Waals surface area contributed by atoms with Gasteiger partial charge < -0.3 is 4.74 Å². The molecule has 0 saturated carbocycles. The van der Waals surface area contributed by atoms with E-state index in [1.165, 1.54) is 12.8 Å². The number of nitrogens with one attached hydrogen (secondary N) is 1. The summed E-state index contributed by atoms with van der Waals surface area (Å²) < 4.78 is 5.38. The summed E-state index contributed by atoms with van der Waals surface area (Å²) in [4.78, 5) is 6.87. The van der Waals surface area contributed by atoms with Crippen LogP contribution in [0.5, 0.6) is 5.75 Å². The number of tetrazole rings is 1. The predicted molar refractivity (Wildman–Crippen MR) is 85.1 cm³/mol. The molecule has 0 radical (unpaired) electrons. The standard InChI is InChI=1S/C16H18N6O/c1-23-11-4-5-14-13(10-11)12(6-7-17-14)15(16-18-20-21-19-16)22-8-2-3-9-22/h4-7,10,15H,2-3,8-9H2,1H3,(H,18,19,20,21). The van der Waals surface area contributed by atoms with Gasteiger partial charge in [0.05, 0.1) is 12.6 Å². The van der Waals surface area contributed by atoms with Gasteiger partial charge in [0.1, 0.15) is 11.8 Å². The van der Waals surface area contributed by atoms with Crippen molar-refractivity contribution >= 4 is 10.9 Å². The highest BCUT2D eigenvalue weighted by atomic mass is 16.5. The summed E-state index contributed by atoms with van der Waals surface area (Å²) in [6.07, 6.45) is 4.23. The third-order valence-electron chi connectivity index (χ3n) is 4.39.